The lowest BCUT2D eigenvalue weighted by atomic mass is 9.90. The van der Waals surface area contributed by atoms with Gasteiger partial charge in [-0.15, -0.1) is 0 Å². The molecule has 0 saturated heterocycles. The van der Waals surface area contributed by atoms with Crippen LogP contribution in [0.3, 0.4) is 0 Å². The average Bonchev–Trinajstić information content (AvgIpc) is 1.85. The van der Waals surface area contributed by atoms with Crippen LogP contribution in [0.1, 0.15) is 27.2 Å². The van der Waals surface area contributed by atoms with Gasteiger partial charge in [-0.1, -0.05) is 20.8 Å². The zero-order chi connectivity index (χ0) is 8.20. The molecule has 0 bridgehead atoms. The molecule has 0 fully saturated rings. The van der Waals surface area contributed by atoms with Crippen LogP contribution in [0.25, 0.3) is 0 Å². The van der Waals surface area contributed by atoms with Gasteiger partial charge in [-0.3, -0.25) is 4.79 Å². The van der Waals surface area contributed by atoms with E-state index in [0.29, 0.717) is 6.54 Å². The molecule has 3 heteroatoms. The maximum atomic E-state index is 10.3. The third-order valence-corrected chi connectivity index (χ3v) is 1.80. The van der Waals surface area contributed by atoms with E-state index in [0.717, 1.165) is 6.42 Å². The van der Waals surface area contributed by atoms with Crippen LogP contribution in [0.5, 0.6) is 0 Å². The molecule has 0 rings (SSSR count). The van der Waals surface area contributed by atoms with Crippen molar-refractivity contribution < 1.29 is 4.79 Å². The fourth-order valence-electron chi connectivity index (χ4n) is 0.434. The van der Waals surface area contributed by atoms with Crippen molar-refractivity contribution >= 4 is 17.0 Å². The summed E-state index contributed by atoms with van der Waals surface area (Å²) in [5, 5.41) is 2.09. The predicted molar refractivity (Wildman–Crippen MR) is 43.3 cm³/mol. The molecule has 1 amide bonds. The van der Waals surface area contributed by atoms with E-state index in [-0.39, 0.29) is 5.41 Å². The van der Waals surface area contributed by atoms with E-state index < -0.39 is 5.37 Å². The summed E-state index contributed by atoms with van der Waals surface area (Å²) in [6, 6.07) is 0. The summed E-state index contributed by atoms with van der Waals surface area (Å²) in [5.74, 6) is 0. The Morgan fingerprint density at radius 1 is 1.60 bits per heavy atom. The van der Waals surface area contributed by atoms with Crippen LogP contribution in [0.4, 0.5) is 4.79 Å². The van der Waals surface area contributed by atoms with Crippen molar-refractivity contribution in [3.63, 3.8) is 0 Å². The van der Waals surface area contributed by atoms with Crippen LogP contribution in [-0.4, -0.2) is 11.9 Å². The number of amides is 1. The first-order valence-electron chi connectivity index (χ1n) is 3.41. The Morgan fingerprint density at radius 3 is 2.40 bits per heavy atom. The summed E-state index contributed by atoms with van der Waals surface area (Å²) in [6.45, 7) is 6.89. The van der Waals surface area contributed by atoms with Crippen molar-refractivity contribution in [3.05, 3.63) is 0 Å². The number of hydrogen-bond donors (Lipinski definition) is 1. The third-order valence-electron chi connectivity index (χ3n) is 1.66. The molecule has 0 atom stereocenters. The van der Waals surface area contributed by atoms with Gasteiger partial charge in [-0.25, -0.2) is 0 Å². The molecule has 0 aromatic rings. The predicted octanol–water partition coefficient (Wildman–Crippen LogP) is 2.37. The van der Waals surface area contributed by atoms with Gasteiger partial charge in [0.15, 0.2) is 0 Å². The Labute approximate surface area is 66.9 Å². The highest BCUT2D eigenvalue weighted by Gasteiger charge is 2.14. The Morgan fingerprint density at radius 2 is 2.10 bits per heavy atom. The van der Waals surface area contributed by atoms with Gasteiger partial charge >= 0.3 is 5.37 Å². The minimum absolute atomic E-state index is 0.157. The molecular weight excluding hydrogens is 150 g/mol. The molecule has 2 nitrogen and oxygen atoms in total. The van der Waals surface area contributed by atoms with E-state index in [1.807, 2.05) is 0 Å². The molecule has 0 aromatic carbocycles. The molecule has 0 spiro atoms. The molecule has 0 aliphatic rings. The van der Waals surface area contributed by atoms with E-state index in [4.69, 9.17) is 11.6 Å². The fourth-order valence-corrected chi connectivity index (χ4v) is 0.501. The fraction of sp³-hybridized carbons (Fsp3) is 0.857. The lowest BCUT2D eigenvalue weighted by molar-refractivity contribution is 0.251. The van der Waals surface area contributed by atoms with Crippen LogP contribution in [-0.2, 0) is 0 Å². The Balaban J connectivity index is 3.56. The van der Waals surface area contributed by atoms with Gasteiger partial charge < -0.3 is 5.32 Å². The van der Waals surface area contributed by atoms with Crippen molar-refractivity contribution in [3.8, 4) is 0 Å². The average molecular weight is 164 g/mol. The zero-order valence-electron chi connectivity index (χ0n) is 6.70. The van der Waals surface area contributed by atoms with Crippen LogP contribution in [0, 0.1) is 5.41 Å². The molecule has 0 heterocycles. The molecule has 0 aliphatic heterocycles. The smallest absolute Gasteiger partial charge is 0.313 e. The first-order chi connectivity index (χ1) is 4.48. The molecular formula is C7H14ClNO. The van der Waals surface area contributed by atoms with E-state index in [1.54, 1.807) is 0 Å². The van der Waals surface area contributed by atoms with Gasteiger partial charge in [0, 0.05) is 6.54 Å². The van der Waals surface area contributed by atoms with Crippen LogP contribution < -0.4 is 5.32 Å². The summed E-state index contributed by atoms with van der Waals surface area (Å²) < 4.78 is 0. The summed E-state index contributed by atoms with van der Waals surface area (Å²) >= 11 is 5.09. The van der Waals surface area contributed by atoms with Gasteiger partial charge in [0.05, 0.1) is 0 Å². The monoisotopic (exact) mass is 163 g/mol. The first-order valence-corrected chi connectivity index (χ1v) is 3.79. The van der Waals surface area contributed by atoms with E-state index in [1.165, 1.54) is 0 Å². The standard InChI is InChI=1S/C7H14ClNO/c1-4-7(2,3)5-9-6(8)10/h4-5H2,1-3H3,(H,9,10). The van der Waals surface area contributed by atoms with Gasteiger partial charge in [0.1, 0.15) is 0 Å². The van der Waals surface area contributed by atoms with Crippen molar-refractivity contribution in [1.29, 1.82) is 0 Å². The molecule has 0 radical (unpaired) electrons. The largest absolute Gasteiger partial charge is 0.342 e. The number of hydrogen-bond acceptors (Lipinski definition) is 1. The molecule has 60 valence electrons. The molecule has 10 heavy (non-hydrogen) atoms. The highest BCUT2D eigenvalue weighted by atomic mass is 35.5. The molecule has 0 saturated carbocycles. The van der Waals surface area contributed by atoms with Crippen molar-refractivity contribution in [2.24, 2.45) is 5.41 Å². The highest BCUT2D eigenvalue weighted by molar-refractivity contribution is 6.62. The Bertz CT molecular complexity index is 123. The van der Waals surface area contributed by atoms with Crippen molar-refractivity contribution in [2.75, 3.05) is 6.54 Å². The molecule has 0 aliphatic carbocycles. The summed E-state index contributed by atoms with van der Waals surface area (Å²) in [6.07, 6.45) is 1.03. The molecule has 1 N–H and O–H groups in total. The minimum atomic E-state index is -0.471. The second kappa shape index (κ2) is 3.81. The number of halogens is 1. The van der Waals surface area contributed by atoms with Gasteiger partial charge in [0.2, 0.25) is 0 Å². The number of carbonyl (C=O) groups excluding carboxylic acids is 1. The first kappa shape index (κ1) is 9.76. The quantitative estimate of drug-likeness (QED) is 0.503. The van der Waals surface area contributed by atoms with E-state index >= 15 is 0 Å². The summed E-state index contributed by atoms with van der Waals surface area (Å²) in [5.41, 5.74) is 0.157. The molecule has 0 aromatic heterocycles. The van der Waals surface area contributed by atoms with Crippen LogP contribution in [0.15, 0.2) is 0 Å². The lowest BCUT2D eigenvalue weighted by Crippen LogP contribution is -2.30. The topological polar surface area (TPSA) is 29.1 Å². The van der Waals surface area contributed by atoms with E-state index in [2.05, 4.69) is 26.1 Å². The SMILES string of the molecule is CCC(C)(C)CNC(=O)Cl. The van der Waals surface area contributed by atoms with Gasteiger partial charge in [0.25, 0.3) is 0 Å². The second-order valence-corrected chi connectivity index (χ2v) is 3.49. The zero-order valence-corrected chi connectivity index (χ0v) is 7.46. The Kier molecular flexibility index (Phi) is 3.72. The number of nitrogens with one attached hydrogen (secondary N) is 1. The Hall–Kier alpha value is -0.240. The van der Waals surface area contributed by atoms with Gasteiger partial charge in [-0.05, 0) is 23.4 Å². The summed E-state index contributed by atoms with van der Waals surface area (Å²) in [7, 11) is 0. The number of rotatable bonds is 3. The van der Waals surface area contributed by atoms with Crippen molar-refractivity contribution in [2.45, 2.75) is 27.2 Å². The number of carbonyl (C=O) groups is 1. The van der Waals surface area contributed by atoms with Crippen LogP contribution in [0.2, 0.25) is 0 Å². The normalized spacial score (nSPS) is 11.2. The lowest BCUT2D eigenvalue weighted by Gasteiger charge is -2.21. The minimum Gasteiger partial charge on any atom is -0.342 e. The second-order valence-electron chi connectivity index (χ2n) is 3.15. The maximum Gasteiger partial charge on any atom is 0.313 e. The summed E-state index contributed by atoms with van der Waals surface area (Å²) in [4.78, 5) is 10.3. The van der Waals surface area contributed by atoms with Crippen LogP contribution >= 0.6 is 11.6 Å². The third kappa shape index (κ3) is 4.62. The van der Waals surface area contributed by atoms with Crippen molar-refractivity contribution in [1.82, 2.24) is 5.32 Å². The van der Waals surface area contributed by atoms with E-state index in [9.17, 15) is 4.79 Å². The maximum absolute atomic E-state index is 10.3. The molecule has 0 unspecified atom stereocenters. The highest BCUT2D eigenvalue weighted by Crippen LogP contribution is 2.17. The van der Waals surface area contributed by atoms with Gasteiger partial charge in [-0.2, -0.15) is 0 Å².